The Labute approximate surface area is 106 Å². The van der Waals surface area contributed by atoms with Crippen LogP contribution in [0.5, 0.6) is 5.75 Å². The standard InChI is InChI=1S/C10H10ClF3N2O2/c11-7-3-1-2-4-8(7)18-5-6(9(15)16-17)10(12,13)14/h1-4,6,17H,5H2,(H2,15,16). The number of benzene rings is 1. The summed E-state index contributed by atoms with van der Waals surface area (Å²) in [6.07, 6.45) is -4.67. The van der Waals surface area contributed by atoms with E-state index in [9.17, 15) is 13.2 Å². The third-order valence-electron chi connectivity index (χ3n) is 2.11. The molecule has 1 rings (SSSR count). The van der Waals surface area contributed by atoms with Crippen LogP contribution in [0.2, 0.25) is 5.02 Å². The van der Waals surface area contributed by atoms with E-state index >= 15 is 0 Å². The Balaban J connectivity index is 2.78. The van der Waals surface area contributed by atoms with Gasteiger partial charge in [0, 0.05) is 0 Å². The van der Waals surface area contributed by atoms with Gasteiger partial charge in [-0.05, 0) is 12.1 Å². The van der Waals surface area contributed by atoms with E-state index in [0.29, 0.717) is 0 Å². The Morgan fingerprint density at radius 1 is 1.44 bits per heavy atom. The van der Waals surface area contributed by atoms with E-state index in [1.807, 2.05) is 0 Å². The topological polar surface area (TPSA) is 67.8 Å². The summed E-state index contributed by atoms with van der Waals surface area (Å²) >= 11 is 5.72. The fourth-order valence-electron chi connectivity index (χ4n) is 1.15. The maximum absolute atomic E-state index is 12.6. The molecule has 1 unspecified atom stereocenters. The average Bonchev–Trinajstić information content (AvgIpc) is 2.29. The van der Waals surface area contributed by atoms with Gasteiger partial charge in [0.2, 0.25) is 0 Å². The van der Waals surface area contributed by atoms with Crippen molar-refractivity contribution in [2.75, 3.05) is 6.61 Å². The van der Waals surface area contributed by atoms with Crippen LogP contribution in [0.3, 0.4) is 0 Å². The first-order valence-corrected chi connectivity index (χ1v) is 5.15. The van der Waals surface area contributed by atoms with Crippen molar-refractivity contribution < 1.29 is 23.1 Å². The average molecular weight is 283 g/mol. The molecule has 0 amide bonds. The number of oxime groups is 1. The van der Waals surface area contributed by atoms with Crippen molar-refractivity contribution in [3.05, 3.63) is 29.3 Å². The van der Waals surface area contributed by atoms with E-state index in [1.165, 1.54) is 12.1 Å². The molecular formula is C10H10ClF3N2O2. The van der Waals surface area contributed by atoms with Crippen LogP contribution in [-0.2, 0) is 0 Å². The van der Waals surface area contributed by atoms with Crippen LogP contribution in [0.1, 0.15) is 0 Å². The van der Waals surface area contributed by atoms with E-state index in [4.69, 9.17) is 27.3 Å². The van der Waals surface area contributed by atoms with Gasteiger partial charge in [-0.15, -0.1) is 0 Å². The SMILES string of the molecule is N/C(=N/O)C(COc1ccccc1Cl)C(F)(F)F. The van der Waals surface area contributed by atoms with Crippen molar-refractivity contribution >= 4 is 17.4 Å². The van der Waals surface area contributed by atoms with Gasteiger partial charge in [0.05, 0.1) is 5.02 Å². The summed E-state index contributed by atoms with van der Waals surface area (Å²) in [4.78, 5) is 0. The highest BCUT2D eigenvalue weighted by atomic mass is 35.5. The highest BCUT2D eigenvalue weighted by Crippen LogP contribution is 2.29. The summed E-state index contributed by atoms with van der Waals surface area (Å²) in [6.45, 7) is -0.816. The van der Waals surface area contributed by atoms with Crippen LogP contribution in [-0.4, -0.2) is 23.8 Å². The minimum atomic E-state index is -4.67. The predicted octanol–water partition coefficient (Wildman–Crippen LogP) is 2.64. The Kier molecular flexibility index (Phi) is 4.66. The van der Waals surface area contributed by atoms with Gasteiger partial charge in [0.1, 0.15) is 18.3 Å². The minimum absolute atomic E-state index is 0.0964. The number of halogens is 4. The number of nitrogens with two attached hydrogens (primary N) is 1. The first kappa shape index (κ1) is 14.4. The summed E-state index contributed by atoms with van der Waals surface area (Å²) in [6, 6.07) is 6.07. The Hall–Kier alpha value is -1.63. The largest absolute Gasteiger partial charge is 0.491 e. The van der Waals surface area contributed by atoms with Gasteiger partial charge in [0.25, 0.3) is 0 Å². The highest BCUT2D eigenvalue weighted by molar-refractivity contribution is 6.32. The predicted molar refractivity (Wildman–Crippen MR) is 59.9 cm³/mol. The molecule has 0 aliphatic heterocycles. The molecule has 0 bridgehead atoms. The molecule has 0 radical (unpaired) electrons. The van der Waals surface area contributed by atoms with Gasteiger partial charge >= 0.3 is 6.18 Å². The van der Waals surface area contributed by atoms with Crippen LogP contribution in [0.15, 0.2) is 29.4 Å². The van der Waals surface area contributed by atoms with Crippen molar-refractivity contribution in [3.8, 4) is 5.75 Å². The molecule has 1 atom stereocenters. The third kappa shape index (κ3) is 3.69. The van der Waals surface area contributed by atoms with Crippen LogP contribution >= 0.6 is 11.6 Å². The summed E-state index contributed by atoms with van der Waals surface area (Å²) in [5, 5.41) is 10.8. The Bertz CT molecular complexity index is 437. The van der Waals surface area contributed by atoms with E-state index in [1.54, 1.807) is 12.1 Å². The van der Waals surface area contributed by atoms with Crippen molar-refractivity contribution in [1.29, 1.82) is 0 Å². The second-order valence-electron chi connectivity index (χ2n) is 3.36. The molecule has 0 aromatic heterocycles. The molecule has 100 valence electrons. The molecule has 3 N–H and O–H groups in total. The smallest absolute Gasteiger partial charge is 0.402 e. The fraction of sp³-hybridized carbons (Fsp3) is 0.300. The van der Waals surface area contributed by atoms with Gasteiger partial charge in [-0.1, -0.05) is 28.9 Å². The number of hydrogen-bond acceptors (Lipinski definition) is 3. The fourth-order valence-corrected chi connectivity index (χ4v) is 1.34. The summed E-state index contributed by atoms with van der Waals surface area (Å²) < 4.78 is 42.7. The minimum Gasteiger partial charge on any atom is -0.491 e. The Morgan fingerprint density at radius 3 is 2.56 bits per heavy atom. The highest BCUT2D eigenvalue weighted by Gasteiger charge is 2.43. The van der Waals surface area contributed by atoms with Crippen LogP contribution < -0.4 is 10.5 Å². The second kappa shape index (κ2) is 5.81. The lowest BCUT2D eigenvalue weighted by molar-refractivity contribution is -0.162. The quantitative estimate of drug-likeness (QED) is 0.386. The molecule has 0 heterocycles. The molecule has 0 spiro atoms. The van der Waals surface area contributed by atoms with Gasteiger partial charge in [0.15, 0.2) is 5.84 Å². The van der Waals surface area contributed by atoms with E-state index in [-0.39, 0.29) is 10.8 Å². The van der Waals surface area contributed by atoms with Gasteiger partial charge in [-0.3, -0.25) is 0 Å². The molecule has 1 aromatic rings. The molecule has 0 aliphatic rings. The monoisotopic (exact) mass is 282 g/mol. The molecule has 0 aliphatic carbocycles. The summed E-state index contributed by atoms with van der Waals surface area (Å²) in [7, 11) is 0. The van der Waals surface area contributed by atoms with Crippen molar-refractivity contribution in [2.24, 2.45) is 16.8 Å². The lowest BCUT2D eigenvalue weighted by Gasteiger charge is -2.19. The molecule has 0 saturated heterocycles. The molecule has 0 fully saturated rings. The van der Waals surface area contributed by atoms with E-state index < -0.39 is 24.5 Å². The van der Waals surface area contributed by atoms with Gasteiger partial charge in [-0.25, -0.2) is 0 Å². The first-order valence-electron chi connectivity index (χ1n) is 4.77. The third-order valence-corrected chi connectivity index (χ3v) is 2.42. The zero-order valence-corrected chi connectivity index (χ0v) is 9.74. The van der Waals surface area contributed by atoms with Crippen LogP contribution in [0.4, 0.5) is 13.2 Å². The van der Waals surface area contributed by atoms with E-state index in [0.717, 1.165) is 0 Å². The normalized spacial score (nSPS) is 14.3. The van der Waals surface area contributed by atoms with Crippen molar-refractivity contribution in [3.63, 3.8) is 0 Å². The number of nitrogens with zero attached hydrogens (tertiary/aromatic N) is 1. The molecule has 4 nitrogen and oxygen atoms in total. The number of ether oxygens (including phenoxy) is 1. The second-order valence-corrected chi connectivity index (χ2v) is 3.77. The lowest BCUT2D eigenvalue weighted by Crippen LogP contribution is -2.40. The molecule has 0 saturated carbocycles. The number of rotatable bonds is 4. The van der Waals surface area contributed by atoms with Gasteiger partial charge in [-0.2, -0.15) is 13.2 Å². The molecular weight excluding hydrogens is 273 g/mol. The van der Waals surface area contributed by atoms with Crippen molar-refractivity contribution in [1.82, 2.24) is 0 Å². The maximum atomic E-state index is 12.6. The maximum Gasteiger partial charge on any atom is 0.402 e. The summed E-state index contributed by atoms with van der Waals surface area (Å²) in [5.74, 6) is -3.06. The number of alkyl halides is 3. The molecule has 1 aromatic carbocycles. The molecule has 8 heteroatoms. The molecule has 18 heavy (non-hydrogen) atoms. The zero-order chi connectivity index (χ0) is 13.8. The first-order chi connectivity index (χ1) is 8.36. The van der Waals surface area contributed by atoms with Crippen molar-refractivity contribution in [2.45, 2.75) is 6.18 Å². The van der Waals surface area contributed by atoms with Gasteiger partial charge < -0.3 is 15.7 Å². The Morgan fingerprint density at radius 2 is 2.06 bits per heavy atom. The number of hydrogen-bond donors (Lipinski definition) is 2. The summed E-state index contributed by atoms with van der Waals surface area (Å²) in [5.41, 5.74) is 4.97. The van der Waals surface area contributed by atoms with Crippen LogP contribution in [0.25, 0.3) is 0 Å². The number of para-hydroxylation sites is 1. The van der Waals surface area contributed by atoms with E-state index in [2.05, 4.69) is 5.16 Å². The lowest BCUT2D eigenvalue weighted by atomic mass is 10.1. The van der Waals surface area contributed by atoms with Crippen LogP contribution in [0, 0.1) is 5.92 Å². The zero-order valence-electron chi connectivity index (χ0n) is 8.99. The number of amidine groups is 1.